The summed E-state index contributed by atoms with van der Waals surface area (Å²) in [6, 6.07) is 8.37. The Hall–Kier alpha value is -1.31. The van der Waals surface area contributed by atoms with Crippen molar-refractivity contribution in [3.05, 3.63) is 30.6 Å². The Labute approximate surface area is 96.3 Å². The maximum absolute atomic E-state index is 4.41. The van der Waals surface area contributed by atoms with Crippen molar-refractivity contribution in [2.45, 2.75) is 38.6 Å². The minimum absolute atomic E-state index is 1.07. The standard InChI is InChI=1S/C14H18N2/c1-2-7-14-13(6-1)15-11-16(14)10-4-3-5-12-8-9-12/h1-2,6-7,11-12H,3-5,8-10H2. The Morgan fingerprint density at radius 3 is 2.94 bits per heavy atom. The van der Waals surface area contributed by atoms with Gasteiger partial charge in [-0.2, -0.15) is 0 Å². The molecule has 2 nitrogen and oxygen atoms in total. The quantitative estimate of drug-likeness (QED) is 0.695. The van der Waals surface area contributed by atoms with Crippen LogP contribution in [-0.2, 0) is 6.54 Å². The number of unbranched alkanes of at least 4 members (excludes halogenated alkanes) is 1. The number of aromatic nitrogens is 2. The predicted octanol–water partition coefficient (Wildman–Crippen LogP) is 3.62. The van der Waals surface area contributed by atoms with Crippen molar-refractivity contribution in [2.24, 2.45) is 5.92 Å². The van der Waals surface area contributed by atoms with Crippen molar-refractivity contribution >= 4 is 11.0 Å². The zero-order valence-electron chi connectivity index (χ0n) is 9.60. The molecule has 0 saturated heterocycles. The molecule has 1 saturated carbocycles. The van der Waals surface area contributed by atoms with Crippen LogP contribution in [0.25, 0.3) is 11.0 Å². The van der Waals surface area contributed by atoms with Crippen molar-refractivity contribution in [3.63, 3.8) is 0 Å². The summed E-state index contributed by atoms with van der Waals surface area (Å²) in [4.78, 5) is 4.41. The van der Waals surface area contributed by atoms with Gasteiger partial charge < -0.3 is 4.57 Å². The van der Waals surface area contributed by atoms with Gasteiger partial charge in [-0.05, 0) is 24.5 Å². The van der Waals surface area contributed by atoms with E-state index in [1.165, 1.54) is 37.6 Å². The molecule has 0 aliphatic heterocycles. The fourth-order valence-corrected chi connectivity index (χ4v) is 2.31. The van der Waals surface area contributed by atoms with Crippen molar-refractivity contribution < 1.29 is 0 Å². The number of imidazole rings is 1. The van der Waals surface area contributed by atoms with E-state index in [1.54, 1.807) is 0 Å². The monoisotopic (exact) mass is 214 g/mol. The number of rotatable bonds is 5. The van der Waals surface area contributed by atoms with Crippen LogP contribution in [0.2, 0.25) is 0 Å². The fourth-order valence-electron chi connectivity index (χ4n) is 2.31. The Bertz CT molecular complexity index is 468. The normalized spacial score (nSPS) is 15.8. The van der Waals surface area contributed by atoms with Crippen molar-refractivity contribution in [3.8, 4) is 0 Å². The van der Waals surface area contributed by atoms with Crippen LogP contribution in [0.15, 0.2) is 30.6 Å². The van der Waals surface area contributed by atoms with E-state index in [4.69, 9.17) is 0 Å². The highest BCUT2D eigenvalue weighted by molar-refractivity contribution is 5.74. The van der Waals surface area contributed by atoms with Crippen LogP contribution >= 0.6 is 0 Å². The fraction of sp³-hybridized carbons (Fsp3) is 0.500. The van der Waals surface area contributed by atoms with Crippen LogP contribution in [0.3, 0.4) is 0 Å². The number of aryl methyl sites for hydroxylation is 1. The average molecular weight is 214 g/mol. The third-order valence-corrected chi connectivity index (χ3v) is 3.49. The molecule has 1 fully saturated rings. The van der Waals surface area contributed by atoms with Crippen LogP contribution in [-0.4, -0.2) is 9.55 Å². The summed E-state index contributed by atoms with van der Waals surface area (Å²) in [7, 11) is 0. The first-order valence-electron chi connectivity index (χ1n) is 6.33. The molecule has 0 spiro atoms. The maximum atomic E-state index is 4.41. The van der Waals surface area contributed by atoms with Crippen molar-refractivity contribution in [1.29, 1.82) is 0 Å². The van der Waals surface area contributed by atoms with Crippen LogP contribution in [0.1, 0.15) is 32.1 Å². The summed E-state index contributed by atoms with van der Waals surface area (Å²) in [5.74, 6) is 1.07. The van der Waals surface area contributed by atoms with Gasteiger partial charge in [0.15, 0.2) is 0 Å². The van der Waals surface area contributed by atoms with Gasteiger partial charge in [-0.3, -0.25) is 0 Å². The van der Waals surface area contributed by atoms with Gasteiger partial charge in [0.05, 0.1) is 17.4 Å². The lowest BCUT2D eigenvalue weighted by atomic mass is 10.2. The molecule has 0 radical (unpaired) electrons. The van der Waals surface area contributed by atoms with E-state index in [1.807, 2.05) is 12.4 Å². The third-order valence-electron chi connectivity index (χ3n) is 3.49. The number of fused-ring (bicyclic) bond motifs is 1. The van der Waals surface area contributed by atoms with Gasteiger partial charge in [-0.1, -0.05) is 37.8 Å². The summed E-state index contributed by atoms with van der Waals surface area (Å²) in [6.07, 6.45) is 9.03. The third kappa shape index (κ3) is 2.11. The Morgan fingerprint density at radius 1 is 1.19 bits per heavy atom. The predicted molar refractivity (Wildman–Crippen MR) is 66.3 cm³/mol. The molecule has 0 amide bonds. The molecule has 2 heteroatoms. The lowest BCUT2D eigenvalue weighted by Crippen LogP contribution is -1.96. The van der Waals surface area contributed by atoms with E-state index < -0.39 is 0 Å². The SMILES string of the molecule is c1ccc2c(c1)ncn2CCCCC1CC1. The number of nitrogens with zero attached hydrogens (tertiary/aromatic N) is 2. The highest BCUT2D eigenvalue weighted by Gasteiger charge is 2.19. The minimum atomic E-state index is 1.07. The van der Waals surface area contributed by atoms with E-state index in [0.29, 0.717) is 0 Å². The highest BCUT2D eigenvalue weighted by atomic mass is 15.0. The second-order valence-corrected chi connectivity index (χ2v) is 4.87. The van der Waals surface area contributed by atoms with Crippen LogP contribution in [0.4, 0.5) is 0 Å². The molecule has 0 unspecified atom stereocenters. The smallest absolute Gasteiger partial charge is 0.0958 e. The molecule has 1 aromatic heterocycles. The average Bonchev–Trinajstić information content (AvgIpc) is 3.05. The van der Waals surface area contributed by atoms with Crippen LogP contribution in [0, 0.1) is 5.92 Å². The molecule has 84 valence electrons. The van der Waals surface area contributed by atoms with Gasteiger partial charge in [-0.25, -0.2) is 4.98 Å². The Balaban J connectivity index is 1.60. The second kappa shape index (κ2) is 4.28. The Kier molecular flexibility index (Phi) is 2.65. The number of hydrogen-bond acceptors (Lipinski definition) is 1. The Morgan fingerprint density at radius 2 is 2.06 bits per heavy atom. The van der Waals surface area contributed by atoms with Crippen molar-refractivity contribution in [2.75, 3.05) is 0 Å². The number of hydrogen-bond donors (Lipinski definition) is 0. The van der Waals surface area contributed by atoms with Gasteiger partial charge in [-0.15, -0.1) is 0 Å². The highest BCUT2D eigenvalue weighted by Crippen LogP contribution is 2.33. The van der Waals surface area contributed by atoms with Gasteiger partial charge in [0.2, 0.25) is 0 Å². The number of benzene rings is 1. The lowest BCUT2D eigenvalue weighted by molar-refractivity contribution is 0.571. The van der Waals surface area contributed by atoms with E-state index in [9.17, 15) is 0 Å². The molecular weight excluding hydrogens is 196 g/mol. The molecule has 0 bridgehead atoms. The first kappa shape index (κ1) is 9.88. The molecule has 0 atom stereocenters. The molecule has 1 aromatic carbocycles. The second-order valence-electron chi connectivity index (χ2n) is 4.87. The molecule has 3 rings (SSSR count). The minimum Gasteiger partial charge on any atom is -0.331 e. The van der Waals surface area contributed by atoms with Gasteiger partial charge in [0, 0.05) is 6.54 Å². The largest absolute Gasteiger partial charge is 0.331 e. The van der Waals surface area contributed by atoms with E-state index in [2.05, 4.69) is 27.8 Å². The topological polar surface area (TPSA) is 17.8 Å². The lowest BCUT2D eigenvalue weighted by Gasteiger charge is -2.03. The van der Waals surface area contributed by atoms with Crippen LogP contribution < -0.4 is 0 Å². The first-order chi connectivity index (χ1) is 7.93. The van der Waals surface area contributed by atoms with Gasteiger partial charge in [0.25, 0.3) is 0 Å². The van der Waals surface area contributed by atoms with Crippen molar-refractivity contribution in [1.82, 2.24) is 9.55 Å². The molecule has 16 heavy (non-hydrogen) atoms. The molecule has 1 aliphatic carbocycles. The molecule has 2 aromatic rings. The van der Waals surface area contributed by atoms with Gasteiger partial charge in [0.1, 0.15) is 0 Å². The summed E-state index contributed by atoms with van der Waals surface area (Å²) in [6.45, 7) is 1.12. The molecular formula is C14H18N2. The van der Waals surface area contributed by atoms with E-state index in [-0.39, 0.29) is 0 Å². The number of para-hydroxylation sites is 2. The maximum Gasteiger partial charge on any atom is 0.0958 e. The molecule has 1 aliphatic rings. The zero-order valence-corrected chi connectivity index (χ0v) is 9.60. The summed E-state index contributed by atoms with van der Waals surface area (Å²) in [5, 5.41) is 0. The first-order valence-corrected chi connectivity index (χ1v) is 6.33. The zero-order chi connectivity index (χ0) is 10.8. The molecule has 0 N–H and O–H groups in total. The van der Waals surface area contributed by atoms with E-state index >= 15 is 0 Å². The van der Waals surface area contributed by atoms with Gasteiger partial charge >= 0.3 is 0 Å². The summed E-state index contributed by atoms with van der Waals surface area (Å²) >= 11 is 0. The van der Waals surface area contributed by atoms with E-state index in [0.717, 1.165) is 18.0 Å². The molecule has 1 heterocycles. The summed E-state index contributed by atoms with van der Waals surface area (Å²) in [5.41, 5.74) is 2.39. The summed E-state index contributed by atoms with van der Waals surface area (Å²) < 4.78 is 2.28. The van der Waals surface area contributed by atoms with Crippen LogP contribution in [0.5, 0.6) is 0 Å².